The molecule has 0 radical (unpaired) electrons. The van der Waals surface area contributed by atoms with E-state index in [-0.39, 0.29) is 5.41 Å². The Hall–Kier alpha value is -2.90. The maximum Gasteiger partial charge on any atom is 0.125 e. The number of nitrogens with zero attached hydrogens (tertiary/aromatic N) is 6. The first-order valence-electron chi connectivity index (χ1n) is 10.9. The second kappa shape index (κ2) is 9.08. The van der Waals surface area contributed by atoms with E-state index in [4.69, 9.17) is 9.68 Å². The summed E-state index contributed by atoms with van der Waals surface area (Å²) in [6.45, 7) is 8.81. The Labute approximate surface area is 183 Å². The highest BCUT2D eigenvalue weighted by Crippen LogP contribution is 2.23. The number of oxime groups is 2. The minimum atomic E-state index is -0.244. The van der Waals surface area contributed by atoms with Crippen LogP contribution in [0.3, 0.4) is 0 Å². The molecule has 2 aromatic rings. The number of aryl methyl sites for hydroxylation is 4. The van der Waals surface area contributed by atoms with E-state index in [9.17, 15) is 0 Å². The smallest absolute Gasteiger partial charge is 0.125 e. The third-order valence-electron chi connectivity index (χ3n) is 5.50. The molecule has 4 rings (SSSR count). The predicted octanol–water partition coefficient (Wildman–Crippen LogP) is 3.72. The van der Waals surface area contributed by atoms with Gasteiger partial charge in [0.15, 0.2) is 0 Å². The summed E-state index contributed by atoms with van der Waals surface area (Å²) in [6.07, 6.45) is 9.59. The third-order valence-corrected chi connectivity index (χ3v) is 5.50. The van der Waals surface area contributed by atoms with Gasteiger partial charge in [0.25, 0.3) is 0 Å². The van der Waals surface area contributed by atoms with Crippen LogP contribution in [0.1, 0.15) is 73.7 Å². The molecular formula is C23H30N6O2. The highest BCUT2D eigenvalue weighted by Gasteiger charge is 2.23. The van der Waals surface area contributed by atoms with Gasteiger partial charge >= 0.3 is 0 Å². The predicted molar refractivity (Wildman–Crippen MR) is 118 cm³/mol. The monoisotopic (exact) mass is 422 g/mol. The number of fused-ring (bicyclic) bond motifs is 2. The lowest BCUT2D eigenvalue weighted by Crippen LogP contribution is -2.25. The van der Waals surface area contributed by atoms with Crippen LogP contribution in [0.4, 0.5) is 0 Å². The van der Waals surface area contributed by atoms with Crippen LogP contribution in [0, 0.1) is 19.3 Å². The van der Waals surface area contributed by atoms with Crippen molar-refractivity contribution in [3.8, 4) is 0 Å². The van der Waals surface area contributed by atoms with Crippen LogP contribution in [0.25, 0.3) is 0 Å². The summed E-state index contributed by atoms with van der Waals surface area (Å²) in [5.74, 6) is 1.51. The Morgan fingerprint density at radius 2 is 1.23 bits per heavy atom. The first kappa shape index (κ1) is 21.3. The average Bonchev–Trinajstić information content (AvgIpc) is 2.74. The quantitative estimate of drug-likeness (QED) is 0.659. The van der Waals surface area contributed by atoms with Crippen molar-refractivity contribution in [1.29, 1.82) is 0 Å². The zero-order chi connectivity index (χ0) is 21.8. The van der Waals surface area contributed by atoms with Crippen molar-refractivity contribution in [3.63, 3.8) is 0 Å². The second-order valence-corrected chi connectivity index (χ2v) is 9.08. The fraction of sp³-hybridized carbons (Fsp3) is 0.565. The lowest BCUT2D eigenvalue weighted by Gasteiger charge is -2.23. The molecule has 0 N–H and O–H groups in total. The van der Waals surface area contributed by atoms with Crippen LogP contribution in [-0.2, 0) is 22.5 Å². The average molecular weight is 423 g/mol. The Kier molecular flexibility index (Phi) is 6.25. The molecule has 0 saturated carbocycles. The highest BCUT2D eigenvalue weighted by molar-refractivity contribution is 6.01. The molecule has 0 spiro atoms. The van der Waals surface area contributed by atoms with E-state index in [1.165, 1.54) is 0 Å². The summed E-state index contributed by atoms with van der Waals surface area (Å²) >= 11 is 0. The third kappa shape index (κ3) is 5.24. The van der Waals surface area contributed by atoms with Gasteiger partial charge in [-0.15, -0.1) is 0 Å². The molecule has 2 heterocycles. The van der Waals surface area contributed by atoms with Crippen molar-refractivity contribution in [2.24, 2.45) is 15.7 Å². The van der Waals surface area contributed by atoms with Gasteiger partial charge in [-0.2, -0.15) is 0 Å². The first-order valence-corrected chi connectivity index (χ1v) is 10.9. The van der Waals surface area contributed by atoms with Gasteiger partial charge in [0.05, 0.1) is 11.4 Å². The standard InChI is InChI=1S/C23H30N6O2/c1-15-24-11-17-7-5-9-19(21(17)26-15)28-30-13-23(3,4)14-31-29-20-10-6-8-18-12-25-16(2)27-22(18)20/h11-12H,5-10,13-14H2,1-4H3/b28-19+,29-20+. The topological polar surface area (TPSA) is 94.7 Å². The van der Waals surface area contributed by atoms with Crippen LogP contribution in [0.2, 0.25) is 0 Å². The molecule has 31 heavy (non-hydrogen) atoms. The molecule has 8 nitrogen and oxygen atoms in total. The molecule has 2 aromatic heterocycles. The van der Waals surface area contributed by atoms with E-state index < -0.39 is 0 Å². The molecule has 8 heteroatoms. The molecular weight excluding hydrogens is 392 g/mol. The Morgan fingerprint density at radius 1 is 0.774 bits per heavy atom. The van der Waals surface area contributed by atoms with Crippen LogP contribution in [0.15, 0.2) is 22.7 Å². The van der Waals surface area contributed by atoms with E-state index in [1.54, 1.807) is 0 Å². The fourth-order valence-corrected chi connectivity index (χ4v) is 3.77. The van der Waals surface area contributed by atoms with Crippen LogP contribution < -0.4 is 0 Å². The highest BCUT2D eigenvalue weighted by atomic mass is 16.6. The summed E-state index contributed by atoms with van der Waals surface area (Å²) in [5.41, 5.74) is 5.69. The van der Waals surface area contributed by atoms with Gasteiger partial charge in [-0.1, -0.05) is 24.2 Å². The van der Waals surface area contributed by atoms with E-state index >= 15 is 0 Å². The number of rotatable bonds is 6. The molecule has 0 saturated heterocycles. The Bertz CT molecular complexity index is 936. The van der Waals surface area contributed by atoms with E-state index in [0.29, 0.717) is 13.2 Å². The number of aromatic nitrogens is 4. The Balaban J connectivity index is 1.35. The number of hydrogen-bond acceptors (Lipinski definition) is 8. The van der Waals surface area contributed by atoms with Crippen molar-refractivity contribution in [3.05, 3.63) is 46.6 Å². The van der Waals surface area contributed by atoms with Crippen molar-refractivity contribution in [2.45, 2.75) is 66.2 Å². The largest absolute Gasteiger partial charge is 0.395 e. The summed E-state index contributed by atoms with van der Waals surface area (Å²) < 4.78 is 0. The summed E-state index contributed by atoms with van der Waals surface area (Å²) in [5, 5.41) is 8.81. The minimum absolute atomic E-state index is 0.244. The Morgan fingerprint density at radius 3 is 1.68 bits per heavy atom. The molecule has 0 aromatic carbocycles. The molecule has 2 aliphatic carbocycles. The van der Waals surface area contributed by atoms with E-state index in [0.717, 1.165) is 84.1 Å². The van der Waals surface area contributed by atoms with Crippen molar-refractivity contribution in [1.82, 2.24) is 19.9 Å². The summed E-state index contributed by atoms with van der Waals surface area (Å²) in [7, 11) is 0. The lowest BCUT2D eigenvalue weighted by molar-refractivity contribution is -0.000313. The summed E-state index contributed by atoms with van der Waals surface area (Å²) in [6, 6.07) is 0. The van der Waals surface area contributed by atoms with Crippen LogP contribution in [-0.4, -0.2) is 44.6 Å². The van der Waals surface area contributed by atoms with Gasteiger partial charge < -0.3 is 9.68 Å². The van der Waals surface area contributed by atoms with Crippen LogP contribution >= 0.6 is 0 Å². The zero-order valence-electron chi connectivity index (χ0n) is 18.8. The van der Waals surface area contributed by atoms with Gasteiger partial charge in [-0.3, -0.25) is 0 Å². The number of hydrogen-bond donors (Lipinski definition) is 0. The minimum Gasteiger partial charge on any atom is -0.395 e. The molecule has 0 atom stereocenters. The maximum absolute atomic E-state index is 5.73. The molecule has 2 aliphatic rings. The molecule has 164 valence electrons. The molecule has 0 amide bonds. The fourth-order valence-electron chi connectivity index (χ4n) is 3.77. The normalized spacial score (nSPS) is 18.6. The van der Waals surface area contributed by atoms with Crippen molar-refractivity contribution >= 4 is 11.4 Å². The SMILES string of the molecule is Cc1ncc2c(n1)/C(=N/OCC(C)(C)CO/N=C1\CCCc3cnc(C)nc31)CCC2. The lowest BCUT2D eigenvalue weighted by atomic mass is 9.95. The van der Waals surface area contributed by atoms with E-state index in [1.807, 2.05) is 26.2 Å². The molecule has 0 fully saturated rings. The maximum atomic E-state index is 5.73. The van der Waals surface area contributed by atoms with Gasteiger partial charge in [-0.05, 0) is 63.5 Å². The van der Waals surface area contributed by atoms with Gasteiger partial charge in [0.1, 0.15) is 36.3 Å². The van der Waals surface area contributed by atoms with E-state index in [2.05, 4.69) is 44.1 Å². The van der Waals surface area contributed by atoms with Crippen molar-refractivity contribution < 1.29 is 9.68 Å². The van der Waals surface area contributed by atoms with Crippen molar-refractivity contribution in [2.75, 3.05) is 13.2 Å². The summed E-state index contributed by atoms with van der Waals surface area (Å²) in [4.78, 5) is 29.2. The van der Waals surface area contributed by atoms with Gasteiger partial charge in [0, 0.05) is 17.8 Å². The zero-order valence-corrected chi connectivity index (χ0v) is 18.8. The van der Waals surface area contributed by atoms with Gasteiger partial charge in [0.2, 0.25) is 0 Å². The van der Waals surface area contributed by atoms with Gasteiger partial charge in [-0.25, -0.2) is 19.9 Å². The molecule has 0 aliphatic heterocycles. The second-order valence-electron chi connectivity index (χ2n) is 9.08. The molecule has 0 bridgehead atoms. The first-order chi connectivity index (χ1) is 14.9. The van der Waals surface area contributed by atoms with Crippen LogP contribution in [0.5, 0.6) is 0 Å². The molecule has 0 unspecified atom stereocenters.